The van der Waals surface area contributed by atoms with Crippen LogP contribution in [0.25, 0.3) is 0 Å². The molecule has 2 heterocycles. The van der Waals surface area contributed by atoms with E-state index in [1.54, 1.807) is 44.4 Å². The van der Waals surface area contributed by atoms with E-state index in [9.17, 15) is 18.0 Å². The van der Waals surface area contributed by atoms with Gasteiger partial charge in [-0.05, 0) is 25.0 Å². The molecule has 2 aromatic rings. The third kappa shape index (κ3) is 5.02. The zero-order valence-electron chi connectivity index (χ0n) is 19.2. The van der Waals surface area contributed by atoms with Crippen molar-refractivity contribution in [2.45, 2.75) is 23.8 Å². The van der Waals surface area contributed by atoms with Crippen LogP contribution in [0.3, 0.4) is 0 Å². The van der Waals surface area contributed by atoms with Crippen molar-refractivity contribution in [1.82, 2.24) is 9.21 Å². The summed E-state index contributed by atoms with van der Waals surface area (Å²) in [5.74, 6) is -0.401. The summed E-state index contributed by atoms with van der Waals surface area (Å²) in [4.78, 5) is 27.1. The Kier molecular flexibility index (Phi) is 7.08. The van der Waals surface area contributed by atoms with Crippen LogP contribution in [-0.2, 0) is 24.3 Å². The summed E-state index contributed by atoms with van der Waals surface area (Å²) in [7, 11) is -0.541. The number of rotatable bonds is 6. The van der Waals surface area contributed by atoms with E-state index in [-0.39, 0.29) is 23.9 Å². The van der Waals surface area contributed by atoms with Gasteiger partial charge in [0.15, 0.2) is 11.5 Å². The van der Waals surface area contributed by atoms with Gasteiger partial charge in [0.25, 0.3) is 5.91 Å². The molecule has 2 aliphatic rings. The summed E-state index contributed by atoms with van der Waals surface area (Å²) in [6.07, 6.45) is -0.427. The minimum Gasteiger partial charge on any atom is -0.486 e. The maximum atomic E-state index is 13.1. The van der Waals surface area contributed by atoms with Crippen LogP contribution in [0.4, 0.5) is 0 Å². The van der Waals surface area contributed by atoms with Crippen LogP contribution in [-0.4, -0.2) is 69.9 Å². The van der Waals surface area contributed by atoms with Gasteiger partial charge in [-0.1, -0.05) is 30.3 Å². The number of sulfonamides is 1. The molecule has 10 heteroatoms. The van der Waals surface area contributed by atoms with Gasteiger partial charge in [0.05, 0.1) is 10.8 Å². The predicted octanol–water partition coefficient (Wildman–Crippen LogP) is 2.23. The SMILES string of the molecule is CN(C)C(=O)[C@@H](OC(=O)C1CCN(S(=O)(=O)c2ccc3c(c2)OCCO3)CC1)c1ccccc1. The highest BCUT2D eigenvalue weighted by Crippen LogP contribution is 2.34. The van der Waals surface area contributed by atoms with Gasteiger partial charge in [-0.15, -0.1) is 0 Å². The van der Waals surface area contributed by atoms with Gasteiger partial charge in [-0.2, -0.15) is 4.31 Å². The van der Waals surface area contributed by atoms with Gasteiger partial charge >= 0.3 is 5.97 Å². The maximum Gasteiger partial charge on any atom is 0.310 e. The number of piperidine rings is 1. The molecule has 0 aromatic heterocycles. The van der Waals surface area contributed by atoms with E-state index < -0.39 is 28.0 Å². The number of carbonyl (C=O) groups is 2. The molecule has 2 aliphatic heterocycles. The molecule has 0 unspecified atom stereocenters. The fourth-order valence-corrected chi connectivity index (χ4v) is 5.49. The number of nitrogens with zero attached hydrogens (tertiary/aromatic N) is 2. The zero-order valence-corrected chi connectivity index (χ0v) is 20.0. The summed E-state index contributed by atoms with van der Waals surface area (Å²) in [5.41, 5.74) is 0.591. The van der Waals surface area contributed by atoms with Gasteiger partial charge in [0.1, 0.15) is 13.2 Å². The van der Waals surface area contributed by atoms with Gasteiger partial charge in [0, 0.05) is 38.8 Å². The molecule has 182 valence electrons. The molecule has 1 fully saturated rings. The standard InChI is InChI=1S/C24H28N2O7S/c1-25(2)23(27)22(17-6-4-3-5-7-17)33-24(28)18-10-12-26(13-11-18)34(29,30)19-8-9-20-21(16-19)32-15-14-31-20/h3-9,16,18,22H,10-15H2,1-2H3/t22-/m0/s1. The Labute approximate surface area is 199 Å². The first-order chi connectivity index (χ1) is 16.3. The number of ether oxygens (including phenoxy) is 3. The minimum atomic E-state index is -3.75. The van der Waals surface area contributed by atoms with Crippen LogP contribution in [0, 0.1) is 5.92 Å². The maximum absolute atomic E-state index is 13.1. The van der Waals surface area contributed by atoms with E-state index in [1.165, 1.54) is 21.3 Å². The van der Waals surface area contributed by atoms with Crippen LogP contribution in [0.2, 0.25) is 0 Å². The molecule has 0 bridgehead atoms. The molecule has 9 nitrogen and oxygen atoms in total. The first kappa shape index (κ1) is 24.0. The van der Waals surface area contributed by atoms with Crippen molar-refractivity contribution >= 4 is 21.9 Å². The lowest BCUT2D eigenvalue weighted by Gasteiger charge is -2.31. The smallest absolute Gasteiger partial charge is 0.310 e. The quantitative estimate of drug-likeness (QED) is 0.575. The van der Waals surface area contributed by atoms with E-state index >= 15 is 0 Å². The van der Waals surface area contributed by atoms with E-state index in [0.717, 1.165) is 0 Å². The number of benzene rings is 2. The number of likely N-dealkylation sites (N-methyl/N-ethyl adjacent to an activating group) is 1. The Balaban J connectivity index is 1.41. The van der Waals surface area contributed by atoms with E-state index in [4.69, 9.17) is 14.2 Å². The fourth-order valence-electron chi connectivity index (χ4n) is 4.00. The zero-order chi connectivity index (χ0) is 24.3. The Morgan fingerprint density at radius 1 is 1.00 bits per heavy atom. The first-order valence-corrected chi connectivity index (χ1v) is 12.6. The lowest BCUT2D eigenvalue weighted by Crippen LogP contribution is -2.41. The van der Waals surface area contributed by atoms with Gasteiger partial charge in [0.2, 0.25) is 16.1 Å². The second kappa shape index (κ2) is 10.0. The molecule has 0 saturated carbocycles. The summed E-state index contributed by atoms with van der Waals surface area (Å²) in [5, 5.41) is 0. The van der Waals surface area contributed by atoms with Crippen molar-refractivity contribution in [2.24, 2.45) is 5.92 Å². The number of esters is 1. The number of carbonyl (C=O) groups excluding carboxylic acids is 2. The molecule has 0 radical (unpaired) electrons. The van der Waals surface area contributed by atoms with Gasteiger partial charge in [-0.3, -0.25) is 9.59 Å². The normalized spacial score (nSPS) is 17.6. The monoisotopic (exact) mass is 488 g/mol. The summed E-state index contributed by atoms with van der Waals surface area (Å²) < 4.78 is 44.2. The van der Waals surface area contributed by atoms with Crippen molar-refractivity contribution in [2.75, 3.05) is 40.4 Å². The van der Waals surface area contributed by atoms with Crippen LogP contribution in [0.1, 0.15) is 24.5 Å². The molecule has 2 aromatic carbocycles. The highest BCUT2D eigenvalue weighted by molar-refractivity contribution is 7.89. The third-order valence-corrected chi connectivity index (χ3v) is 7.83. The highest BCUT2D eigenvalue weighted by atomic mass is 32.2. The number of hydrogen-bond acceptors (Lipinski definition) is 7. The molecular weight excluding hydrogens is 460 g/mol. The molecule has 1 amide bonds. The van der Waals surface area contributed by atoms with E-state index in [2.05, 4.69) is 0 Å². The van der Waals surface area contributed by atoms with E-state index in [0.29, 0.717) is 43.1 Å². The van der Waals surface area contributed by atoms with Crippen molar-refractivity contribution in [1.29, 1.82) is 0 Å². The first-order valence-electron chi connectivity index (χ1n) is 11.1. The molecule has 0 aliphatic carbocycles. The van der Waals surface area contributed by atoms with Crippen molar-refractivity contribution in [3.8, 4) is 11.5 Å². The number of amides is 1. The van der Waals surface area contributed by atoms with Crippen LogP contribution < -0.4 is 9.47 Å². The van der Waals surface area contributed by atoms with Gasteiger partial charge in [-0.25, -0.2) is 8.42 Å². The lowest BCUT2D eigenvalue weighted by molar-refractivity contribution is -0.164. The van der Waals surface area contributed by atoms with Crippen molar-refractivity contribution in [3.63, 3.8) is 0 Å². The average Bonchev–Trinajstić information content (AvgIpc) is 2.87. The average molecular weight is 489 g/mol. The van der Waals surface area contributed by atoms with Gasteiger partial charge < -0.3 is 19.1 Å². The molecule has 4 rings (SSSR count). The predicted molar refractivity (Wildman–Crippen MR) is 123 cm³/mol. The lowest BCUT2D eigenvalue weighted by atomic mass is 9.98. The molecule has 34 heavy (non-hydrogen) atoms. The third-order valence-electron chi connectivity index (χ3n) is 5.94. The van der Waals surface area contributed by atoms with Crippen molar-refractivity contribution in [3.05, 3.63) is 54.1 Å². The second-order valence-corrected chi connectivity index (χ2v) is 10.4. The molecule has 1 saturated heterocycles. The Bertz CT molecular complexity index is 1140. The van der Waals surface area contributed by atoms with Crippen LogP contribution in [0.5, 0.6) is 11.5 Å². The number of hydrogen-bond donors (Lipinski definition) is 0. The number of fused-ring (bicyclic) bond motifs is 1. The Hall–Kier alpha value is -3.11. The van der Waals surface area contributed by atoms with Crippen LogP contribution >= 0.6 is 0 Å². The highest BCUT2D eigenvalue weighted by Gasteiger charge is 2.36. The van der Waals surface area contributed by atoms with Crippen molar-refractivity contribution < 1.29 is 32.2 Å². The summed E-state index contributed by atoms with van der Waals surface area (Å²) in [6.45, 7) is 1.14. The largest absolute Gasteiger partial charge is 0.486 e. The molecule has 0 spiro atoms. The fraction of sp³-hybridized carbons (Fsp3) is 0.417. The molecule has 1 atom stereocenters. The Morgan fingerprint density at radius 2 is 1.65 bits per heavy atom. The second-order valence-electron chi connectivity index (χ2n) is 8.44. The molecular formula is C24H28N2O7S. The topological polar surface area (TPSA) is 102 Å². The summed E-state index contributed by atoms with van der Waals surface area (Å²) >= 11 is 0. The van der Waals surface area contributed by atoms with E-state index in [1.807, 2.05) is 6.07 Å². The van der Waals surface area contributed by atoms with Crippen LogP contribution in [0.15, 0.2) is 53.4 Å². The Morgan fingerprint density at radius 3 is 2.29 bits per heavy atom. The summed E-state index contributed by atoms with van der Waals surface area (Å²) in [6, 6.07) is 13.4. The molecule has 0 N–H and O–H groups in total. The minimum absolute atomic E-state index is 0.124.